The molecular formula is C61H74N8O9S. The minimum absolute atomic E-state index is 0.0321. The number of carbonyl (C=O) groups is 1. The number of ether oxygens (including phenoxy) is 3. The fourth-order valence-electron chi connectivity index (χ4n) is 13.1. The molecule has 4 N–H and O–H groups in total. The third-order valence-corrected chi connectivity index (χ3v) is 19.1. The number of H-pyrrole nitrogens is 1. The number of benzene rings is 4. The number of nitrogens with zero attached hydrogens (tertiary/aromatic N) is 5. The Balaban J connectivity index is 0.781. The zero-order valence-corrected chi connectivity index (χ0v) is 47.0. The van der Waals surface area contributed by atoms with Gasteiger partial charge in [0.15, 0.2) is 11.5 Å². The van der Waals surface area contributed by atoms with Crippen LogP contribution in [0, 0.1) is 21.4 Å². The fraction of sp³-hybridized carbons (Fsp3) is 0.475. The molecule has 4 fully saturated rings. The van der Waals surface area contributed by atoms with E-state index < -0.39 is 37.0 Å². The molecule has 18 heteroatoms. The number of anilines is 2. The molecule has 4 aromatic carbocycles. The number of methoxy groups -OCH3 is 1. The third kappa shape index (κ3) is 11.3. The number of sulfonamides is 1. The molecule has 17 nitrogen and oxygen atoms in total. The molecular weight excluding hydrogens is 1020 g/mol. The van der Waals surface area contributed by atoms with Gasteiger partial charge < -0.3 is 34.5 Å². The molecule has 3 aliphatic heterocycles. The van der Waals surface area contributed by atoms with Gasteiger partial charge in [-0.3, -0.25) is 24.7 Å². The minimum Gasteiger partial charge on any atom is -0.493 e. The summed E-state index contributed by atoms with van der Waals surface area (Å²) in [4.78, 5) is 40.7. The van der Waals surface area contributed by atoms with E-state index >= 15 is 0 Å². The van der Waals surface area contributed by atoms with E-state index in [9.17, 15) is 28.4 Å². The Morgan fingerprint density at radius 3 is 2.47 bits per heavy atom. The molecule has 0 unspecified atom stereocenters. The Morgan fingerprint density at radius 1 is 0.949 bits per heavy atom. The largest absolute Gasteiger partial charge is 0.493 e. The lowest BCUT2D eigenvalue weighted by molar-refractivity contribution is -0.384. The SMILES string of the molecule is COc1cc(CN2CCN(C3CC4(CCN(c5ccc(C(=O)NS(=O)(=O)c6ccc(NCC7CCC(C)(O)CC7)c([N+](=O)[O-])c6)c(Oc6cnc7[nH]ccc7c6)c5)CC4)C3)[C@H](c3ccccc3C(C)C)C2)cc2c1OCC2(C)C. The maximum absolute atomic E-state index is 14.2. The predicted octanol–water partition coefficient (Wildman–Crippen LogP) is 10.8. The van der Waals surface area contributed by atoms with Crippen molar-refractivity contribution in [2.75, 3.05) is 63.2 Å². The van der Waals surface area contributed by atoms with Crippen LogP contribution in [0.25, 0.3) is 11.0 Å². The molecule has 0 radical (unpaired) electrons. The molecule has 2 aliphatic carbocycles. The number of piperidine rings is 1. The lowest BCUT2D eigenvalue weighted by Gasteiger charge is -2.58. The maximum atomic E-state index is 14.2. The first-order valence-corrected chi connectivity index (χ1v) is 29.5. The van der Waals surface area contributed by atoms with E-state index in [-0.39, 0.29) is 39.8 Å². The van der Waals surface area contributed by atoms with E-state index in [0.29, 0.717) is 49.3 Å². The smallest absolute Gasteiger partial charge is 0.293 e. The number of nitro benzene ring substituents is 1. The number of amides is 1. The standard InChI is InChI=1S/C61H74N8O9S/c1-39(2)47-9-7-8-10-48(47)53-37-66(36-41-27-50-56(55(28-41)76-6)77-38-59(50,3)4)25-26-68(53)44-32-61(33-44)20-23-67(24-21-61)43-11-13-49(54(30-43)78-45-29-42-17-22-62-57(42)64-35-45)58(70)65-79(74,75)46-12-14-51(52(31-46)69(72)73)63-34-40-15-18-60(5,71)19-16-40/h7-14,17,22,27-31,35,39-40,44,53,63,71H,15-16,18-21,23-26,32-34,36-38H2,1-6H3,(H,62,64)(H,65,70)/t40?,53-,60?/m0/s1. The van der Waals surface area contributed by atoms with Crippen LogP contribution in [0.5, 0.6) is 23.0 Å². The van der Waals surface area contributed by atoms with Crippen molar-refractivity contribution in [2.24, 2.45) is 11.3 Å². The van der Waals surface area contributed by atoms with Gasteiger partial charge in [-0.1, -0.05) is 52.0 Å². The van der Waals surface area contributed by atoms with Gasteiger partial charge in [0, 0.05) is 98.3 Å². The van der Waals surface area contributed by atoms with Crippen molar-refractivity contribution in [1.29, 1.82) is 0 Å². The molecule has 6 aromatic rings. The van der Waals surface area contributed by atoms with Crippen LogP contribution in [0.1, 0.15) is 131 Å². The van der Waals surface area contributed by atoms with Gasteiger partial charge in [-0.25, -0.2) is 18.1 Å². The average Bonchev–Trinajstić information content (AvgIpc) is 4.08. The zero-order chi connectivity index (χ0) is 55.4. The number of aromatic amines is 1. The molecule has 5 heterocycles. The average molecular weight is 1100 g/mol. The Labute approximate surface area is 463 Å². The number of aliphatic hydroxyl groups is 1. The fourth-order valence-corrected chi connectivity index (χ4v) is 14.1. The summed E-state index contributed by atoms with van der Waals surface area (Å²) in [7, 11) is -2.87. The van der Waals surface area contributed by atoms with Crippen LogP contribution >= 0.6 is 0 Å². The number of nitro groups is 1. The number of nitrogens with one attached hydrogen (secondary N) is 3. The summed E-state index contributed by atoms with van der Waals surface area (Å²) < 4.78 is 48.4. The van der Waals surface area contributed by atoms with Crippen molar-refractivity contribution in [3.05, 3.63) is 135 Å². The second kappa shape index (κ2) is 21.4. The normalized spacial score (nSPS) is 22.3. The number of pyridine rings is 1. The highest BCUT2D eigenvalue weighted by Crippen LogP contribution is 2.54. The number of aromatic nitrogens is 2. The van der Waals surface area contributed by atoms with Crippen molar-refractivity contribution < 1.29 is 37.5 Å². The van der Waals surface area contributed by atoms with Gasteiger partial charge in [0.1, 0.15) is 22.8 Å². The van der Waals surface area contributed by atoms with Crippen LogP contribution in [0.3, 0.4) is 0 Å². The van der Waals surface area contributed by atoms with Crippen LogP contribution in [-0.2, 0) is 22.0 Å². The van der Waals surface area contributed by atoms with Crippen molar-refractivity contribution in [2.45, 2.75) is 126 Å². The second-order valence-electron chi connectivity index (χ2n) is 24.2. The Morgan fingerprint density at radius 2 is 1.72 bits per heavy atom. The van der Waals surface area contributed by atoms with Gasteiger partial charge in [0.05, 0.1) is 40.9 Å². The summed E-state index contributed by atoms with van der Waals surface area (Å²) in [6.45, 7) is 17.3. The maximum Gasteiger partial charge on any atom is 0.293 e. The van der Waals surface area contributed by atoms with Crippen molar-refractivity contribution >= 4 is 44.0 Å². The first-order chi connectivity index (χ1) is 37.8. The van der Waals surface area contributed by atoms with Crippen LogP contribution < -0.4 is 29.1 Å². The van der Waals surface area contributed by atoms with E-state index in [0.717, 1.165) is 106 Å². The van der Waals surface area contributed by atoms with Gasteiger partial charge in [-0.2, -0.15) is 0 Å². The Kier molecular flexibility index (Phi) is 14.7. The number of piperazine rings is 1. The minimum atomic E-state index is -4.60. The van der Waals surface area contributed by atoms with Crippen LogP contribution in [-0.4, -0.2) is 109 Å². The van der Waals surface area contributed by atoms with Gasteiger partial charge in [-0.05, 0) is 141 Å². The van der Waals surface area contributed by atoms with E-state index in [1.807, 2.05) is 19.1 Å². The Hall–Kier alpha value is -6.73. The highest BCUT2D eigenvalue weighted by Gasteiger charge is 2.50. The monoisotopic (exact) mass is 1090 g/mol. The van der Waals surface area contributed by atoms with Gasteiger partial charge in [0.25, 0.3) is 21.6 Å². The lowest BCUT2D eigenvalue weighted by atomic mass is 9.59. The highest BCUT2D eigenvalue weighted by atomic mass is 32.2. The number of hydrogen-bond acceptors (Lipinski definition) is 14. The van der Waals surface area contributed by atoms with Crippen molar-refractivity contribution in [1.82, 2.24) is 24.5 Å². The molecule has 418 valence electrons. The van der Waals surface area contributed by atoms with Crippen molar-refractivity contribution in [3.8, 4) is 23.0 Å². The molecule has 0 bridgehead atoms. The molecule has 1 atom stereocenters. The number of hydrogen-bond donors (Lipinski definition) is 4. The molecule has 1 spiro atoms. The molecule has 1 amide bonds. The first-order valence-electron chi connectivity index (χ1n) is 28.0. The van der Waals surface area contributed by atoms with Gasteiger partial charge >= 0.3 is 0 Å². The molecule has 11 rings (SSSR count). The second-order valence-corrected chi connectivity index (χ2v) is 25.9. The van der Waals surface area contributed by atoms with E-state index in [1.165, 1.54) is 34.4 Å². The summed E-state index contributed by atoms with van der Waals surface area (Å²) in [5, 5.41) is 26.6. The van der Waals surface area contributed by atoms with E-state index in [1.54, 1.807) is 37.7 Å². The van der Waals surface area contributed by atoms with E-state index in [2.05, 4.69) is 98.8 Å². The summed E-state index contributed by atoms with van der Waals surface area (Å²) >= 11 is 0. The van der Waals surface area contributed by atoms with Crippen LogP contribution in [0.4, 0.5) is 17.1 Å². The predicted molar refractivity (Wildman–Crippen MR) is 305 cm³/mol. The van der Waals surface area contributed by atoms with Crippen LogP contribution in [0.15, 0.2) is 102 Å². The molecule has 5 aliphatic rings. The highest BCUT2D eigenvalue weighted by molar-refractivity contribution is 7.90. The number of rotatable bonds is 16. The van der Waals surface area contributed by atoms with E-state index in [4.69, 9.17) is 14.2 Å². The number of fused-ring (bicyclic) bond motifs is 2. The topological polar surface area (TPSA) is 205 Å². The summed E-state index contributed by atoms with van der Waals surface area (Å²) in [5.41, 5.74) is 5.91. The zero-order valence-electron chi connectivity index (χ0n) is 46.2. The lowest BCUT2D eigenvalue weighted by Crippen LogP contribution is -2.60. The van der Waals surface area contributed by atoms with Crippen molar-refractivity contribution in [3.63, 3.8) is 0 Å². The molecule has 2 saturated carbocycles. The summed E-state index contributed by atoms with van der Waals surface area (Å²) in [6, 6.07) is 26.6. The summed E-state index contributed by atoms with van der Waals surface area (Å²) in [5.74, 6) is 1.81. The number of carbonyl (C=O) groups excluding carboxylic acids is 1. The molecule has 2 saturated heterocycles. The first kappa shape index (κ1) is 54.2. The van der Waals surface area contributed by atoms with Gasteiger partial charge in [-0.15, -0.1) is 0 Å². The quantitative estimate of drug-likeness (QED) is 0.0526. The van der Waals surface area contributed by atoms with Crippen LogP contribution in [0.2, 0.25) is 0 Å². The van der Waals surface area contributed by atoms with Gasteiger partial charge in [0.2, 0.25) is 0 Å². The molecule has 79 heavy (non-hydrogen) atoms. The molecule has 2 aromatic heterocycles. The third-order valence-electron chi connectivity index (χ3n) is 17.8. The summed E-state index contributed by atoms with van der Waals surface area (Å²) in [6.07, 6.45) is 10.4. The Bertz CT molecular complexity index is 3370.